The van der Waals surface area contributed by atoms with Crippen molar-refractivity contribution in [2.75, 3.05) is 18.1 Å². The molecule has 1 rings (SSSR count). The van der Waals surface area contributed by atoms with Crippen LogP contribution in [0.2, 0.25) is 0 Å². The molecule has 1 amide bonds. The van der Waals surface area contributed by atoms with Gasteiger partial charge in [0.25, 0.3) is 0 Å². The number of carbonyl (C=O) groups excluding carboxylic acids is 1. The van der Waals surface area contributed by atoms with Crippen LogP contribution in [0.5, 0.6) is 0 Å². The summed E-state index contributed by atoms with van der Waals surface area (Å²) in [6.07, 6.45) is 3.38. The predicted molar refractivity (Wildman–Crippen MR) is 57.9 cm³/mol. The molecule has 1 fully saturated rings. The van der Waals surface area contributed by atoms with Gasteiger partial charge in [0.1, 0.15) is 0 Å². The zero-order valence-electron chi connectivity index (χ0n) is 8.29. The Balaban J connectivity index is 2.10. The molecule has 1 N–H and O–H groups in total. The van der Waals surface area contributed by atoms with Crippen LogP contribution in [0.4, 0.5) is 0 Å². The van der Waals surface area contributed by atoms with E-state index in [2.05, 4.69) is 5.32 Å². The number of amides is 1. The van der Waals surface area contributed by atoms with Crippen molar-refractivity contribution in [3.05, 3.63) is 0 Å². The van der Waals surface area contributed by atoms with Gasteiger partial charge in [-0.1, -0.05) is 0 Å². The topological polar surface area (TPSA) is 52.9 Å². The van der Waals surface area contributed by atoms with Gasteiger partial charge in [-0.25, -0.2) is 0 Å². The van der Waals surface area contributed by atoms with Crippen LogP contribution in [-0.2, 0) is 4.79 Å². The molecule has 0 bridgehead atoms. The number of nitrogens with zero attached hydrogens (tertiary/aromatic N) is 1. The summed E-state index contributed by atoms with van der Waals surface area (Å²) >= 11 is 1.97. The first-order valence-electron chi connectivity index (χ1n) is 5.04. The summed E-state index contributed by atoms with van der Waals surface area (Å²) in [4.78, 5) is 11.4. The third-order valence-corrected chi connectivity index (χ3v) is 3.42. The molecular formula is C10H16N2OS. The van der Waals surface area contributed by atoms with Gasteiger partial charge in [0.05, 0.1) is 12.5 Å². The van der Waals surface area contributed by atoms with Crippen molar-refractivity contribution in [1.29, 1.82) is 5.26 Å². The molecule has 0 aromatic rings. The van der Waals surface area contributed by atoms with Crippen LogP contribution >= 0.6 is 11.8 Å². The van der Waals surface area contributed by atoms with E-state index in [-0.39, 0.29) is 5.91 Å². The van der Waals surface area contributed by atoms with E-state index in [4.69, 9.17) is 5.26 Å². The van der Waals surface area contributed by atoms with Crippen LogP contribution in [-0.4, -0.2) is 24.0 Å². The van der Waals surface area contributed by atoms with Crippen molar-refractivity contribution in [3.63, 3.8) is 0 Å². The molecular weight excluding hydrogens is 196 g/mol. The lowest BCUT2D eigenvalue weighted by Crippen LogP contribution is -2.27. The molecule has 0 atom stereocenters. The van der Waals surface area contributed by atoms with E-state index < -0.39 is 0 Å². The van der Waals surface area contributed by atoms with Gasteiger partial charge in [0.2, 0.25) is 5.91 Å². The van der Waals surface area contributed by atoms with Gasteiger partial charge in [0, 0.05) is 13.0 Å². The SMILES string of the molecule is N#CCCNC(=O)CC1CCSCC1. The van der Waals surface area contributed by atoms with Gasteiger partial charge in [-0.3, -0.25) is 4.79 Å². The molecule has 1 saturated heterocycles. The standard InChI is InChI=1S/C10H16N2OS/c11-4-1-5-12-10(13)8-9-2-6-14-7-3-9/h9H,1-3,5-8H2,(H,12,13). The van der Waals surface area contributed by atoms with Crippen LogP contribution in [0.25, 0.3) is 0 Å². The molecule has 0 saturated carbocycles. The summed E-state index contributed by atoms with van der Waals surface area (Å²) in [6, 6.07) is 2.01. The van der Waals surface area contributed by atoms with E-state index in [1.165, 1.54) is 11.5 Å². The zero-order chi connectivity index (χ0) is 10.2. The van der Waals surface area contributed by atoms with Gasteiger partial charge < -0.3 is 5.32 Å². The van der Waals surface area contributed by atoms with E-state index in [9.17, 15) is 4.79 Å². The molecule has 0 aliphatic carbocycles. The molecule has 0 spiro atoms. The van der Waals surface area contributed by atoms with E-state index in [1.807, 2.05) is 17.8 Å². The first-order valence-corrected chi connectivity index (χ1v) is 6.20. The highest BCUT2D eigenvalue weighted by molar-refractivity contribution is 7.99. The number of nitriles is 1. The summed E-state index contributed by atoms with van der Waals surface area (Å²) in [7, 11) is 0. The fourth-order valence-corrected chi connectivity index (χ4v) is 2.75. The third kappa shape index (κ3) is 4.52. The van der Waals surface area contributed by atoms with E-state index in [1.54, 1.807) is 0 Å². The minimum absolute atomic E-state index is 0.108. The van der Waals surface area contributed by atoms with E-state index in [0.29, 0.717) is 25.3 Å². The van der Waals surface area contributed by atoms with Gasteiger partial charge in [0.15, 0.2) is 0 Å². The molecule has 78 valence electrons. The summed E-state index contributed by atoms with van der Waals surface area (Å²) in [5.74, 6) is 3.06. The van der Waals surface area contributed by atoms with Crippen molar-refractivity contribution in [3.8, 4) is 6.07 Å². The summed E-state index contributed by atoms with van der Waals surface area (Å²) in [5.41, 5.74) is 0. The number of thioether (sulfide) groups is 1. The molecule has 1 aliphatic heterocycles. The Kier molecular flexibility index (Phi) is 5.46. The summed E-state index contributed by atoms with van der Waals surface area (Å²) in [6.45, 7) is 0.497. The molecule has 0 radical (unpaired) electrons. The van der Waals surface area contributed by atoms with Crippen molar-refractivity contribution >= 4 is 17.7 Å². The van der Waals surface area contributed by atoms with Crippen LogP contribution in [0.1, 0.15) is 25.7 Å². The maximum absolute atomic E-state index is 11.4. The largest absolute Gasteiger partial charge is 0.355 e. The average Bonchev–Trinajstić information content (AvgIpc) is 2.20. The molecule has 14 heavy (non-hydrogen) atoms. The number of hydrogen-bond acceptors (Lipinski definition) is 3. The van der Waals surface area contributed by atoms with Crippen molar-refractivity contribution in [2.45, 2.75) is 25.7 Å². The summed E-state index contributed by atoms with van der Waals surface area (Å²) < 4.78 is 0. The molecule has 4 heteroatoms. The fraction of sp³-hybridized carbons (Fsp3) is 0.800. The van der Waals surface area contributed by atoms with Crippen molar-refractivity contribution in [1.82, 2.24) is 5.32 Å². The predicted octanol–water partition coefficient (Wildman–Crippen LogP) is 1.55. The quantitative estimate of drug-likeness (QED) is 0.719. The Labute approximate surface area is 89.2 Å². The minimum atomic E-state index is 0.108. The molecule has 0 aromatic carbocycles. The molecule has 0 aromatic heterocycles. The van der Waals surface area contributed by atoms with Crippen molar-refractivity contribution in [2.24, 2.45) is 5.92 Å². The second-order valence-electron chi connectivity index (χ2n) is 3.52. The van der Waals surface area contributed by atoms with Gasteiger partial charge >= 0.3 is 0 Å². The van der Waals surface area contributed by atoms with Gasteiger partial charge in [-0.2, -0.15) is 17.0 Å². The van der Waals surface area contributed by atoms with Crippen LogP contribution in [0.3, 0.4) is 0 Å². The van der Waals surface area contributed by atoms with E-state index >= 15 is 0 Å². The zero-order valence-corrected chi connectivity index (χ0v) is 9.11. The van der Waals surface area contributed by atoms with Crippen LogP contribution in [0.15, 0.2) is 0 Å². The Hall–Kier alpha value is -0.690. The Bertz CT molecular complexity index is 219. The number of carbonyl (C=O) groups is 1. The van der Waals surface area contributed by atoms with E-state index in [0.717, 1.165) is 12.8 Å². The maximum atomic E-state index is 11.4. The van der Waals surface area contributed by atoms with Gasteiger partial charge in [-0.05, 0) is 30.3 Å². The van der Waals surface area contributed by atoms with Crippen LogP contribution < -0.4 is 5.32 Å². The van der Waals surface area contributed by atoms with Crippen LogP contribution in [0, 0.1) is 17.2 Å². The number of hydrogen-bond donors (Lipinski definition) is 1. The minimum Gasteiger partial charge on any atom is -0.355 e. The monoisotopic (exact) mass is 212 g/mol. The first kappa shape index (κ1) is 11.4. The Morgan fingerprint density at radius 2 is 2.21 bits per heavy atom. The first-order chi connectivity index (χ1) is 6.83. The van der Waals surface area contributed by atoms with Crippen molar-refractivity contribution < 1.29 is 4.79 Å². The van der Waals surface area contributed by atoms with Gasteiger partial charge in [-0.15, -0.1) is 0 Å². The number of rotatable bonds is 4. The molecule has 1 aliphatic rings. The normalized spacial score (nSPS) is 17.4. The highest BCUT2D eigenvalue weighted by atomic mass is 32.2. The second kappa shape index (κ2) is 6.72. The highest BCUT2D eigenvalue weighted by Gasteiger charge is 2.16. The lowest BCUT2D eigenvalue weighted by Gasteiger charge is -2.20. The average molecular weight is 212 g/mol. The smallest absolute Gasteiger partial charge is 0.220 e. The third-order valence-electron chi connectivity index (χ3n) is 2.37. The highest BCUT2D eigenvalue weighted by Crippen LogP contribution is 2.24. The lowest BCUT2D eigenvalue weighted by atomic mass is 9.98. The summed E-state index contributed by atoms with van der Waals surface area (Å²) in [5, 5.41) is 11.1. The molecule has 1 heterocycles. The molecule has 3 nitrogen and oxygen atoms in total. The lowest BCUT2D eigenvalue weighted by molar-refractivity contribution is -0.122. The number of nitrogens with one attached hydrogen (secondary N) is 1. The molecule has 0 unspecified atom stereocenters. The second-order valence-corrected chi connectivity index (χ2v) is 4.74. The Morgan fingerprint density at radius 1 is 1.50 bits per heavy atom. The Morgan fingerprint density at radius 3 is 2.86 bits per heavy atom. The fourth-order valence-electron chi connectivity index (χ4n) is 1.54. The maximum Gasteiger partial charge on any atom is 0.220 e.